The predicted octanol–water partition coefficient (Wildman–Crippen LogP) is 2.80. The summed E-state index contributed by atoms with van der Waals surface area (Å²) in [5, 5.41) is 0.303. The number of nitrogen functional groups attached to an aromatic ring is 1. The van der Waals surface area contributed by atoms with Crippen molar-refractivity contribution in [2.75, 3.05) is 17.7 Å². The molecule has 100 valence electrons. The highest BCUT2D eigenvalue weighted by Gasteiger charge is 2.12. The lowest BCUT2D eigenvalue weighted by molar-refractivity contribution is 0.615. The summed E-state index contributed by atoms with van der Waals surface area (Å²) in [5.74, 6) is 0.531. The number of nitrogens with two attached hydrogens (primary N) is 1. The van der Waals surface area contributed by atoms with Gasteiger partial charge in [-0.15, -0.1) is 0 Å². The summed E-state index contributed by atoms with van der Waals surface area (Å²) >= 11 is 6.05. The van der Waals surface area contributed by atoms with Gasteiger partial charge in [-0.05, 0) is 24.1 Å². The van der Waals surface area contributed by atoms with E-state index in [1.54, 1.807) is 17.9 Å². The zero-order chi connectivity index (χ0) is 14.0. The molecule has 0 aliphatic heterocycles. The van der Waals surface area contributed by atoms with Crippen molar-refractivity contribution in [1.29, 1.82) is 0 Å². The van der Waals surface area contributed by atoms with Gasteiger partial charge in [0.15, 0.2) is 5.82 Å². The first kappa shape index (κ1) is 13.5. The summed E-state index contributed by atoms with van der Waals surface area (Å²) in [4.78, 5) is 9.68. The number of nitrogens with zero attached hydrogens (tertiary/aromatic N) is 3. The van der Waals surface area contributed by atoms with Gasteiger partial charge < -0.3 is 10.6 Å². The highest BCUT2D eigenvalue weighted by atomic mass is 35.5. The lowest BCUT2D eigenvalue weighted by Gasteiger charge is -2.19. The average Bonchev–Trinajstić information content (AvgIpc) is 2.37. The molecule has 0 amide bonds. The van der Waals surface area contributed by atoms with Crippen molar-refractivity contribution in [3.63, 3.8) is 0 Å². The Labute approximate surface area is 116 Å². The maximum absolute atomic E-state index is 13.5. The van der Waals surface area contributed by atoms with Crippen LogP contribution < -0.4 is 10.6 Å². The zero-order valence-corrected chi connectivity index (χ0v) is 11.4. The molecular weight excluding hydrogens is 267 g/mol. The van der Waals surface area contributed by atoms with Crippen LogP contribution in [0.15, 0.2) is 24.5 Å². The van der Waals surface area contributed by atoms with Crippen LogP contribution in [-0.4, -0.2) is 17.0 Å². The van der Waals surface area contributed by atoms with Crippen LogP contribution in [0.25, 0.3) is 0 Å². The molecule has 0 spiro atoms. The largest absolute Gasteiger partial charge is 0.382 e. The van der Waals surface area contributed by atoms with E-state index in [0.717, 1.165) is 5.56 Å². The standard InChI is InChI=1S/C13H14ClFN4/c1-8-3-4-9(5-10(8)15)6-19(2)13-11(14)12(16)17-7-18-13/h3-5,7H,6H2,1-2H3,(H2,16,17,18). The van der Waals surface area contributed by atoms with E-state index < -0.39 is 0 Å². The molecule has 1 aromatic heterocycles. The fourth-order valence-corrected chi connectivity index (χ4v) is 1.97. The summed E-state index contributed by atoms with van der Waals surface area (Å²) in [6.07, 6.45) is 1.35. The quantitative estimate of drug-likeness (QED) is 0.939. The van der Waals surface area contributed by atoms with Crippen LogP contribution in [0, 0.1) is 12.7 Å². The van der Waals surface area contributed by atoms with Gasteiger partial charge in [0.1, 0.15) is 23.0 Å². The Bertz CT molecular complexity index is 603. The first-order valence-electron chi connectivity index (χ1n) is 5.71. The molecule has 0 aliphatic carbocycles. The molecule has 0 bridgehead atoms. The Hall–Kier alpha value is -1.88. The summed E-state index contributed by atoms with van der Waals surface area (Å²) in [6.45, 7) is 2.21. The molecule has 0 aliphatic rings. The molecule has 1 heterocycles. The maximum Gasteiger partial charge on any atom is 0.153 e. The number of halogens is 2. The second-order valence-corrected chi connectivity index (χ2v) is 4.71. The number of hydrogen-bond donors (Lipinski definition) is 1. The third-order valence-corrected chi connectivity index (χ3v) is 3.18. The number of anilines is 2. The van der Waals surface area contributed by atoms with E-state index in [4.69, 9.17) is 17.3 Å². The van der Waals surface area contributed by atoms with Gasteiger partial charge >= 0.3 is 0 Å². The molecule has 0 fully saturated rings. The van der Waals surface area contributed by atoms with E-state index in [0.29, 0.717) is 22.9 Å². The van der Waals surface area contributed by atoms with E-state index in [9.17, 15) is 4.39 Å². The average molecular weight is 281 g/mol. The van der Waals surface area contributed by atoms with E-state index >= 15 is 0 Å². The summed E-state index contributed by atoms with van der Waals surface area (Å²) in [6, 6.07) is 5.12. The van der Waals surface area contributed by atoms with E-state index in [-0.39, 0.29) is 11.6 Å². The van der Waals surface area contributed by atoms with E-state index in [2.05, 4.69) is 9.97 Å². The maximum atomic E-state index is 13.5. The van der Waals surface area contributed by atoms with Crippen molar-refractivity contribution in [3.8, 4) is 0 Å². The molecule has 0 unspecified atom stereocenters. The number of rotatable bonds is 3. The van der Waals surface area contributed by atoms with Crippen LogP contribution >= 0.6 is 11.6 Å². The van der Waals surface area contributed by atoms with Crippen LogP contribution in [0.1, 0.15) is 11.1 Å². The minimum absolute atomic E-state index is 0.223. The monoisotopic (exact) mass is 280 g/mol. The second-order valence-electron chi connectivity index (χ2n) is 4.34. The number of aromatic nitrogens is 2. The van der Waals surface area contributed by atoms with Crippen LogP contribution in [0.5, 0.6) is 0 Å². The van der Waals surface area contributed by atoms with Crippen molar-refractivity contribution in [1.82, 2.24) is 9.97 Å². The lowest BCUT2D eigenvalue weighted by Crippen LogP contribution is -2.19. The van der Waals surface area contributed by atoms with Gasteiger partial charge in [-0.2, -0.15) is 0 Å². The first-order valence-corrected chi connectivity index (χ1v) is 6.09. The number of hydrogen-bond acceptors (Lipinski definition) is 4. The number of benzene rings is 1. The minimum Gasteiger partial charge on any atom is -0.382 e. The van der Waals surface area contributed by atoms with Crippen LogP contribution in [0.2, 0.25) is 5.02 Å². The van der Waals surface area contributed by atoms with Crippen LogP contribution in [0.4, 0.5) is 16.0 Å². The van der Waals surface area contributed by atoms with Crippen molar-refractivity contribution < 1.29 is 4.39 Å². The predicted molar refractivity (Wildman–Crippen MR) is 74.7 cm³/mol. The topological polar surface area (TPSA) is 55.0 Å². The van der Waals surface area contributed by atoms with Crippen LogP contribution in [0.3, 0.4) is 0 Å². The first-order chi connectivity index (χ1) is 8.99. The highest BCUT2D eigenvalue weighted by Crippen LogP contribution is 2.27. The van der Waals surface area contributed by atoms with Gasteiger partial charge in [0.05, 0.1) is 0 Å². The van der Waals surface area contributed by atoms with Gasteiger partial charge in [0.25, 0.3) is 0 Å². The van der Waals surface area contributed by atoms with Gasteiger partial charge in [-0.3, -0.25) is 0 Å². The molecule has 4 nitrogen and oxygen atoms in total. The molecule has 1 aromatic carbocycles. The SMILES string of the molecule is Cc1ccc(CN(C)c2ncnc(N)c2Cl)cc1F. The Kier molecular flexibility index (Phi) is 3.85. The van der Waals surface area contributed by atoms with Gasteiger partial charge in [-0.25, -0.2) is 14.4 Å². The normalized spacial score (nSPS) is 10.5. The minimum atomic E-state index is -0.223. The fourth-order valence-electron chi connectivity index (χ4n) is 1.72. The molecule has 0 atom stereocenters. The Morgan fingerprint density at radius 1 is 1.37 bits per heavy atom. The molecule has 0 saturated carbocycles. The zero-order valence-electron chi connectivity index (χ0n) is 10.7. The molecule has 2 N–H and O–H groups in total. The van der Waals surface area contributed by atoms with Crippen molar-refractivity contribution in [3.05, 3.63) is 46.5 Å². The van der Waals surface area contributed by atoms with Gasteiger partial charge in [0, 0.05) is 13.6 Å². The Balaban J connectivity index is 2.23. The van der Waals surface area contributed by atoms with Crippen molar-refractivity contribution in [2.24, 2.45) is 0 Å². The Morgan fingerprint density at radius 3 is 2.79 bits per heavy atom. The van der Waals surface area contributed by atoms with E-state index in [1.165, 1.54) is 12.4 Å². The van der Waals surface area contributed by atoms with Crippen LogP contribution in [-0.2, 0) is 6.54 Å². The third kappa shape index (κ3) is 2.93. The van der Waals surface area contributed by atoms with E-state index in [1.807, 2.05) is 13.1 Å². The highest BCUT2D eigenvalue weighted by molar-refractivity contribution is 6.35. The molecule has 2 rings (SSSR count). The molecule has 19 heavy (non-hydrogen) atoms. The summed E-state index contributed by atoms with van der Waals surface area (Å²) in [7, 11) is 1.81. The van der Waals surface area contributed by atoms with Gasteiger partial charge in [-0.1, -0.05) is 23.7 Å². The number of aryl methyl sites for hydroxylation is 1. The molecule has 0 saturated heterocycles. The third-order valence-electron chi connectivity index (χ3n) is 2.82. The fraction of sp³-hybridized carbons (Fsp3) is 0.231. The second kappa shape index (κ2) is 5.40. The molecule has 0 radical (unpaired) electrons. The lowest BCUT2D eigenvalue weighted by atomic mass is 10.1. The smallest absolute Gasteiger partial charge is 0.153 e. The van der Waals surface area contributed by atoms with Gasteiger partial charge in [0.2, 0.25) is 0 Å². The van der Waals surface area contributed by atoms with Crippen molar-refractivity contribution in [2.45, 2.75) is 13.5 Å². The summed E-state index contributed by atoms with van der Waals surface area (Å²) in [5.41, 5.74) is 7.08. The molecule has 6 heteroatoms. The Morgan fingerprint density at radius 2 is 2.11 bits per heavy atom. The molecular formula is C13H14ClFN4. The van der Waals surface area contributed by atoms with Crippen molar-refractivity contribution >= 4 is 23.2 Å². The molecule has 2 aromatic rings. The summed E-state index contributed by atoms with van der Waals surface area (Å²) < 4.78 is 13.5.